The van der Waals surface area contributed by atoms with Crippen LogP contribution in [0.2, 0.25) is 0 Å². The fraction of sp³-hybridized carbons (Fsp3) is 0.905. The van der Waals surface area contributed by atoms with E-state index in [-0.39, 0.29) is 43.8 Å². The number of ketones is 1. The molecule has 5 heterocycles. The number of methoxy groups -OCH3 is 5. The number of hydrogen-bond acceptors (Lipinski definition) is 22. The zero-order valence-corrected chi connectivity index (χ0v) is 53.1. The van der Waals surface area contributed by atoms with Gasteiger partial charge in [0.1, 0.15) is 53.4 Å². The number of allylic oxidation sites excluding steroid dienone is 1. The average molecular weight is 1210 g/mol. The Hall–Kier alpha value is -2.14. The number of aliphatic hydroxyl groups excluding tert-OH is 1. The molecule has 0 amide bonds. The molecule has 22 nitrogen and oxygen atoms in total. The number of fused-ring (bicyclic) bond motifs is 5. The van der Waals surface area contributed by atoms with Crippen molar-refractivity contribution in [3.8, 4) is 0 Å². The van der Waals surface area contributed by atoms with Crippen LogP contribution in [0, 0.1) is 22.7 Å². The van der Waals surface area contributed by atoms with Crippen LogP contribution in [0.4, 0.5) is 0 Å². The van der Waals surface area contributed by atoms with Crippen molar-refractivity contribution in [2.45, 2.75) is 305 Å². The highest BCUT2D eigenvalue weighted by Crippen LogP contribution is 2.71. The number of esters is 1. The highest BCUT2D eigenvalue weighted by atomic mass is 16.8. The summed E-state index contributed by atoms with van der Waals surface area (Å²) in [6, 6.07) is 0. The van der Waals surface area contributed by atoms with Gasteiger partial charge in [0, 0.05) is 79.6 Å². The fourth-order valence-electron chi connectivity index (χ4n) is 16.3. The van der Waals surface area contributed by atoms with Crippen molar-refractivity contribution in [3.05, 3.63) is 23.3 Å². The van der Waals surface area contributed by atoms with Crippen LogP contribution in [0.5, 0.6) is 0 Å². The van der Waals surface area contributed by atoms with Crippen LogP contribution in [0.25, 0.3) is 0 Å². The third-order valence-electron chi connectivity index (χ3n) is 21.9. The summed E-state index contributed by atoms with van der Waals surface area (Å²) in [6.45, 7) is 20.3. The Bertz CT molecular complexity index is 2360. The highest BCUT2D eigenvalue weighted by Gasteiger charge is 2.81. The molecule has 22 heteroatoms. The van der Waals surface area contributed by atoms with Crippen LogP contribution in [-0.2, 0) is 85.4 Å². The number of ether oxygens (including phenoxy) is 16. The van der Waals surface area contributed by atoms with Gasteiger partial charge in [-0.1, -0.05) is 38.0 Å². The lowest BCUT2D eigenvalue weighted by Gasteiger charge is -2.67. The SMILES string of the molecule is CO[C@H]1C[C@H](O[C@H]2CC[C@@]3(C)C(=CC[C@]4(O)[C@@H]3C[C@@H](OC(=O)/C=C(\C)C(C)C)[C@@]3(C)[C@]4(O)CC[C@@]3(O)C(C)=O)C2)O[C@H](C)[C@H]1O[C@H]1C[C@H](OC)[C@H](O[C@H]2C[C@@H](OC)[C@H](O[C@H]3C[C@@H](OC)[C@H](O[C@H]4C[C@@H](OC)[C@H](O)[C@@H](C)O4)[C@@H](C)O3)[C@@H](C)O2)[C@@H](C)O1. The molecule has 0 aromatic heterocycles. The summed E-state index contributed by atoms with van der Waals surface area (Å²) in [5, 5.41) is 48.6. The maximum absolute atomic E-state index is 13.6. The highest BCUT2D eigenvalue weighted by molar-refractivity contribution is 5.87. The maximum Gasteiger partial charge on any atom is 0.330 e. The topological polar surface area (TPSA) is 263 Å². The molecular formula is C63H102O22. The summed E-state index contributed by atoms with van der Waals surface area (Å²) in [4.78, 5) is 27.0. The van der Waals surface area contributed by atoms with E-state index in [1.54, 1.807) is 49.4 Å². The van der Waals surface area contributed by atoms with Gasteiger partial charge in [-0.05, 0) is 112 Å². The number of carbonyl (C=O) groups is 2. The predicted octanol–water partition coefficient (Wildman–Crippen LogP) is 5.66. The minimum Gasteiger partial charge on any atom is -0.458 e. The lowest BCUT2D eigenvalue weighted by atomic mass is 9.42. The van der Waals surface area contributed by atoms with E-state index in [0.29, 0.717) is 51.4 Å². The Morgan fingerprint density at radius 3 is 1.41 bits per heavy atom. The Balaban J connectivity index is 0.778. The minimum absolute atomic E-state index is 0.0395. The van der Waals surface area contributed by atoms with E-state index >= 15 is 0 Å². The number of rotatable bonds is 19. The second-order valence-corrected chi connectivity index (χ2v) is 26.8. The Morgan fingerprint density at radius 2 is 1.00 bits per heavy atom. The molecule has 0 unspecified atom stereocenters. The molecule has 5 aliphatic heterocycles. The van der Waals surface area contributed by atoms with Gasteiger partial charge in [0.25, 0.3) is 0 Å². The van der Waals surface area contributed by atoms with E-state index in [1.165, 1.54) is 13.0 Å². The molecule has 28 atom stereocenters. The van der Waals surface area contributed by atoms with Gasteiger partial charge in [0.05, 0.1) is 72.6 Å². The van der Waals surface area contributed by atoms with Gasteiger partial charge < -0.3 is 96.2 Å². The molecule has 0 aromatic carbocycles. The van der Waals surface area contributed by atoms with E-state index in [2.05, 4.69) is 6.92 Å². The molecule has 9 rings (SSSR count). The molecule has 0 spiro atoms. The van der Waals surface area contributed by atoms with Crippen molar-refractivity contribution in [2.24, 2.45) is 22.7 Å². The molecule has 8 fully saturated rings. The standard InChI is InChI=1S/C63H102O22/c1-31(2)32(3)23-48(65)81-47-30-46-59(10)19-18-40(24-39(59)17-20-62(46,68)63(69)22-21-61(67,38(9)64)60(47,63)11)80-49-26-42(71-13)55(34(5)76-49)83-51-28-44(73-15)57(36(7)78-51)85-53-29-45(74-16)58(37(8)79-53)84-52-27-43(72-14)56(35(6)77-52)82-50-25-41(70-12)54(66)33(4)75-50/h17,23,31,33-37,40-47,49-58,66-69H,18-22,24-30H2,1-16H3/b32-23+/t33-,34-,35-,36-,37-,40+,41-,42+,43-,44+,45-,46-,47-,49+,50+,51+,52+,53+,54-,55-,56-,57-,58-,59+,60-,61-,62+,63-/m1/s1. The third kappa shape index (κ3) is 12.6. The van der Waals surface area contributed by atoms with E-state index < -0.39 is 168 Å². The van der Waals surface area contributed by atoms with Crippen LogP contribution in [-0.4, -0.2) is 220 Å². The van der Waals surface area contributed by atoms with Gasteiger partial charge in [0.2, 0.25) is 0 Å². The van der Waals surface area contributed by atoms with Gasteiger partial charge in [-0.3, -0.25) is 4.79 Å². The molecule has 4 aliphatic carbocycles. The molecule has 4 N–H and O–H groups in total. The largest absolute Gasteiger partial charge is 0.458 e. The number of Topliss-reactive ketones (excluding diaryl/α,β-unsaturated/α-hetero) is 1. The quantitative estimate of drug-likeness (QED) is 0.0691. The first-order valence-electron chi connectivity index (χ1n) is 31.2. The first kappa shape index (κ1) is 67.3. The molecule has 0 aromatic rings. The average Bonchev–Trinajstić information content (AvgIpc) is 1.67. The van der Waals surface area contributed by atoms with Gasteiger partial charge in [-0.15, -0.1) is 0 Å². The second kappa shape index (κ2) is 26.6. The van der Waals surface area contributed by atoms with Crippen LogP contribution >= 0.6 is 0 Å². The molecule has 9 aliphatic rings. The summed E-state index contributed by atoms with van der Waals surface area (Å²) < 4.78 is 101. The molecular weight excluding hydrogens is 1110 g/mol. The Morgan fingerprint density at radius 1 is 0.588 bits per heavy atom. The molecule has 85 heavy (non-hydrogen) atoms. The maximum atomic E-state index is 13.6. The van der Waals surface area contributed by atoms with Crippen LogP contribution in [0.1, 0.15) is 153 Å². The lowest BCUT2D eigenvalue weighted by molar-refractivity contribution is -0.352. The molecule has 0 radical (unpaired) electrons. The molecule has 5 saturated heterocycles. The normalized spacial score (nSPS) is 49.5. The summed E-state index contributed by atoms with van der Waals surface area (Å²) in [7, 11) is 8.13. The predicted molar refractivity (Wildman–Crippen MR) is 303 cm³/mol. The van der Waals surface area contributed by atoms with Gasteiger partial charge in [0.15, 0.2) is 37.2 Å². The Kier molecular flexibility index (Phi) is 21.0. The second-order valence-electron chi connectivity index (χ2n) is 26.8. The van der Waals surface area contributed by atoms with E-state index in [9.17, 15) is 30.0 Å². The van der Waals surface area contributed by atoms with E-state index in [4.69, 9.17) is 75.8 Å². The summed E-state index contributed by atoms with van der Waals surface area (Å²) >= 11 is 0. The summed E-state index contributed by atoms with van der Waals surface area (Å²) in [5.74, 6) is -1.63. The van der Waals surface area contributed by atoms with Crippen LogP contribution in [0.3, 0.4) is 0 Å². The summed E-state index contributed by atoms with van der Waals surface area (Å²) in [6.07, 6.45) is -4.41. The zero-order chi connectivity index (χ0) is 61.9. The van der Waals surface area contributed by atoms with Crippen molar-refractivity contribution in [1.29, 1.82) is 0 Å². The summed E-state index contributed by atoms with van der Waals surface area (Å²) in [5.41, 5.74) is -6.15. The fourth-order valence-corrected chi connectivity index (χ4v) is 16.3. The molecule has 0 bridgehead atoms. The van der Waals surface area contributed by atoms with Crippen LogP contribution in [0.15, 0.2) is 23.3 Å². The van der Waals surface area contributed by atoms with Gasteiger partial charge in [-0.2, -0.15) is 0 Å². The number of hydrogen-bond donors (Lipinski definition) is 4. The Labute approximate surface area is 502 Å². The van der Waals surface area contributed by atoms with Crippen molar-refractivity contribution in [1.82, 2.24) is 0 Å². The zero-order valence-electron chi connectivity index (χ0n) is 53.1. The first-order valence-corrected chi connectivity index (χ1v) is 31.2. The first-order chi connectivity index (χ1) is 40.1. The van der Waals surface area contributed by atoms with Gasteiger partial charge in [-0.25, -0.2) is 4.79 Å². The van der Waals surface area contributed by atoms with Crippen molar-refractivity contribution in [2.75, 3.05) is 35.5 Å². The van der Waals surface area contributed by atoms with E-state index in [1.807, 2.05) is 54.5 Å². The number of carbonyl (C=O) groups excluding carboxylic acids is 2. The lowest BCUT2D eigenvalue weighted by Crippen LogP contribution is -2.78. The smallest absolute Gasteiger partial charge is 0.330 e. The number of aliphatic hydroxyl groups is 4. The van der Waals surface area contributed by atoms with Crippen molar-refractivity contribution >= 4 is 11.8 Å². The monoisotopic (exact) mass is 1210 g/mol. The third-order valence-corrected chi connectivity index (χ3v) is 21.9. The van der Waals surface area contributed by atoms with Crippen LogP contribution < -0.4 is 0 Å². The molecule has 3 saturated carbocycles. The minimum atomic E-state index is -2.03. The van der Waals surface area contributed by atoms with Crippen molar-refractivity contribution in [3.63, 3.8) is 0 Å². The molecule has 486 valence electrons. The van der Waals surface area contributed by atoms with E-state index in [0.717, 1.165) is 11.1 Å². The van der Waals surface area contributed by atoms with Crippen molar-refractivity contribution < 1.29 is 106 Å². The van der Waals surface area contributed by atoms with Gasteiger partial charge >= 0.3 is 5.97 Å².